The topological polar surface area (TPSA) is 38.7 Å². The summed E-state index contributed by atoms with van der Waals surface area (Å²) in [6.45, 7) is -0.0801. The summed E-state index contributed by atoms with van der Waals surface area (Å²) >= 11 is 2.17. The van der Waals surface area contributed by atoms with Crippen LogP contribution in [0.5, 0.6) is 11.5 Å². The first kappa shape index (κ1) is 10.6. The van der Waals surface area contributed by atoms with Crippen LogP contribution in [0, 0.1) is 3.57 Å². The van der Waals surface area contributed by atoms with Crippen molar-refractivity contribution in [2.24, 2.45) is 0 Å². The van der Waals surface area contributed by atoms with Gasteiger partial charge < -0.3 is 14.6 Å². The van der Waals surface area contributed by atoms with Crippen LogP contribution < -0.4 is 9.47 Å². The zero-order chi connectivity index (χ0) is 9.84. The fourth-order valence-corrected chi connectivity index (χ4v) is 1.67. The summed E-state index contributed by atoms with van der Waals surface area (Å²) in [6.07, 6.45) is 0. The van der Waals surface area contributed by atoms with Gasteiger partial charge in [0.15, 0.2) is 0 Å². The number of ether oxygens (including phenoxy) is 2. The Hall–Kier alpha value is -0.490. The Kier molecular flexibility index (Phi) is 3.80. The lowest BCUT2D eigenvalue weighted by Gasteiger charge is -2.11. The molecule has 0 atom stereocenters. The standard InChI is InChI=1S/C9H11IO3/c1-12-8-3-6(10)4-9(13-2)7(8)5-11/h3-4,11H,5H2,1-2H3. The Morgan fingerprint density at radius 1 is 1.23 bits per heavy atom. The number of benzene rings is 1. The lowest BCUT2D eigenvalue weighted by atomic mass is 10.2. The van der Waals surface area contributed by atoms with Crippen LogP contribution in [-0.4, -0.2) is 19.3 Å². The molecule has 13 heavy (non-hydrogen) atoms. The summed E-state index contributed by atoms with van der Waals surface area (Å²) in [4.78, 5) is 0. The van der Waals surface area contributed by atoms with E-state index in [-0.39, 0.29) is 6.61 Å². The van der Waals surface area contributed by atoms with Gasteiger partial charge in [0.25, 0.3) is 0 Å². The molecular weight excluding hydrogens is 283 g/mol. The van der Waals surface area contributed by atoms with E-state index >= 15 is 0 Å². The zero-order valence-electron chi connectivity index (χ0n) is 7.50. The van der Waals surface area contributed by atoms with Gasteiger partial charge in [-0.2, -0.15) is 0 Å². The van der Waals surface area contributed by atoms with Gasteiger partial charge in [0.05, 0.1) is 26.4 Å². The van der Waals surface area contributed by atoms with Crippen LogP contribution in [0.1, 0.15) is 5.56 Å². The minimum Gasteiger partial charge on any atom is -0.496 e. The molecule has 0 bridgehead atoms. The van der Waals surface area contributed by atoms with Gasteiger partial charge in [-0.3, -0.25) is 0 Å². The highest BCUT2D eigenvalue weighted by Gasteiger charge is 2.09. The third-order valence-electron chi connectivity index (χ3n) is 1.73. The van der Waals surface area contributed by atoms with Gasteiger partial charge in [0.1, 0.15) is 11.5 Å². The third kappa shape index (κ3) is 2.25. The van der Waals surface area contributed by atoms with E-state index in [1.54, 1.807) is 14.2 Å². The molecule has 0 spiro atoms. The largest absolute Gasteiger partial charge is 0.496 e. The average molecular weight is 294 g/mol. The SMILES string of the molecule is COc1cc(I)cc(OC)c1CO. The van der Waals surface area contributed by atoms with Gasteiger partial charge in [-0.05, 0) is 34.7 Å². The average Bonchev–Trinajstić information content (AvgIpc) is 2.16. The van der Waals surface area contributed by atoms with Crippen molar-refractivity contribution in [2.45, 2.75) is 6.61 Å². The van der Waals surface area contributed by atoms with Crippen molar-refractivity contribution >= 4 is 22.6 Å². The fraction of sp³-hybridized carbons (Fsp3) is 0.333. The van der Waals surface area contributed by atoms with Gasteiger partial charge in [0.2, 0.25) is 0 Å². The maximum absolute atomic E-state index is 9.09. The van der Waals surface area contributed by atoms with Crippen molar-refractivity contribution in [2.75, 3.05) is 14.2 Å². The number of hydrogen-bond donors (Lipinski definition) is 1. The molecule has 1 aromatic rings. The highest BCUT2D eigenvalue weighted by atomic mass is 127. The van der Waals surface area contributed by atoms with Crippen LogP contribution in [0.25, 0.3) is 0 Å². The summed E-state index contributed by atoms with van der Waals surface area (Å²) in [7, 11) is 3.15. The van der Waals surface area contributed by atoms with E-state index in [9.17, 15) is 0 Å². The van der Waals surface area contributed by atoms with Crippen molar-refractivity contribution < 1.29 is 14.6 Å². The lowest BCUT2D eigenvalue weighted by Crippen LogP contribution is -1.97. The lowest BCUT2D eigenvalue weighted by molar-refractivity contribution is 0.265. The first-order valence-electron chi connectivity index (χ1n) is 3.74. The fourth-order valence-electron chi connectivity index (χ4n) is 1.11. The molecule has 1 rings (SSSR count). The van der Waals surface area contributed by atoms with Crippen molar-refractivity contribution in [1.29, 1.82) is 0 Å². The van der Waals surface area contributed by atoms with Crippen LogP contribution in [0.4, 0.5) is 0 Å². The second-order valence-corrected chi connectivity index (χ2v) is 3.69. The maximum atomic E-state index is 9.09. The molecule has 0 radical (unpaired) electrons. The van der Waals surface area contributed by atoms with Gasteiger partial charge >= 0.3 is 0 Å². The highest BCUT2D eigenvalue weighted by molar-refractivity contribution is 14.1. The van der Waals surface area contributed by atoms with E-state index in [1.165, 1.54) is 0 Å². The van der Waals surface area contributed by atoms with Crippen LogP contribution >= 0.6 is 22.6 Å². The normalized spacial score (nSPS) is 9.85. The molecule has 3 nitrogen and oxygen atoms in total. The molecule has 0 aliphatic carbocycles. The molecule has 0 aromatic heterocycles. The smallest absolute Gasteiger partial charge is 0.129 e. The summed E-state index contributed by atoms with van der Waals surface area (Å²) in [5, 5.41) is 9.09. The Morgan fingerprint density at radius 3 is 2.00 bits per heavy atom. The van der Waals surface area contributed by atoms with Gasteiger partial charge in [0, 0.05) is 3.57 Å². The van der Waals surface area contributed by atoms with E-state index in [0.717, 1.165) is 3.57 Å². The van der Waals surface area contributed by atoms with E-state index < -0.39 is 0 Å². The molecule has 0 saturated carbocycles. The van der Waals surface area contributed by atoms with E-state index in [2.05, 4.69) is 22.6 Å². The van der Waals surface area contributed by atoms with Crippen LogP contribution in [0.2, 0.25) is 0 Å². The molecule has 0 unspecified atom stereocenters. The third-order valence-corrected chi connectivity index (χ3v) is 2.35. The van der Waals surface area contributed by atoms with E-state index in [4.69, 9.17) is 14.6 Å². The summed E-state index contributed by atoms with van der Waals surface area (Å²) in [5.74, 6) is 1.32. The van der Waals surface area contributed by atoms with Crippen LogP contribution in [0.3, 0.4) is 0 Å². The predicted molar refractivity (Wildman–Crippen MR) is 58.2 cm³/mol. The Bertz CT molecular complexity index is 274. The number of hydrogen-bond acceptors (Lipinski definition) is 3. The molecule has 0 aliphatic heterocycles. The van der Waals surface area contributed by atoms with Crippen molar-refractivity contribution in [3.63, 3.8) is 0 Å². The predicted octanol–water partition coefficient (Wildman–Crippen LogP) is 1.80. The van der Waals surface area contributed by atoms with Crippen LogP contribution in [0.15, 0.2) is 12.1 Å². The molecular formula is C9H11IO3. The quantitative estimate of drug-likeness (QED) is 0.864. The Labute approximate surface area is 90.8 Å². The Morgan fingerprint density at radius 2 is 1.69 bits per heavy atom. The van der Waals surface area contributed by atoms with E-state index in [1.807, 2.05) is 12.1 Å². The molecule has 0 fully saturated rings. The van der Waals surface area contributed by atoms with Crippen molar-refractivity contribution in [1.82, 2.24) is 0 Å². The van der Waals surface area contributed by atoms with Crippen molar-refractivity contribution in [3.05, 3.63) is 21.3 Å². The van der Waals surface area contributed by atoms with Gasteiger partial charge in [-0.1, -0.05) is 0 Å². The Balaban J connectivity index is 3.25. The van der Waals surface area contributed by atoms with E-state index in [0.29, 0.717) is 17.1 Å². The number of aliphatic hydroxyl groups excluding tert-OH is 1. The number of halogens is 1. The maximum Gasteiger partial charge on any atom is 0.129 e. The number of rotatable bonds is 3. The molecule has 72 valence electrons. The van der Waals surface area contributed by atoms with Gasteiger partial charge in [-0.15, -0.1) is 0 Å². The first-order valence-corrected chi connectivity index (χ1v) is 4.82. The zero-order valence-corrected chi connectivity index (χ0v) is 9.66. The molecule has 0 aliphatic rings. The first-order chi connectivity index (χ1) is 6.22. The molecule has 0 saturated heterocycles. The number of aliphatic hydroxyl groups is 1. The minimum absolute atomic E-state index is 0.0801. The highest BCUT2D eigenvalue weighted by Crippen LogP contribution is 2.30. The van der Waals surface area contributed by atoms with Gasteiger partial charge in [-0.25, -0.2) is 0 Å². The van der Waals surface area contributed by atoms with Crippen LogP contribution in [-0.2, 0) is 6.61 Å². The molecule has 0 amide bonds. The molecule has 1 N–H and O–H groups in total. The summed E-state index contributed by atoms with van der Waals surface area (Å²) in [6, 6.07) is 3.71. The molecule has 1 aromatic carbocycles. The molecule has 4 heteroatoms. The minimum atomic E-state index is -0.0801. The molecule has 0 heterocycles. The van der Waals surface area contributed by atoms with Crippen molar-refractivity contribution in [3.8, 4) is 11.5 Å². The summed E-state index contributed by atoms with van der Waals surface area (Å²) < 4.78 is 11.2. The number of methoxy groups -OCH3 is 2. The summed E-state index contributed by atoms with van der Waals surface area (Å²) in [5.41, 5.74) is 0.686. The second kappa shape index (κ2) is 4.66. The second-order valence-electron chi connectivity index (χ2n) is 2.45. The monoisotopic (exact) mass is 294 g/mol.